The number of ether oxygens (including phenoxy) is 2. The molecule has 0 saturated heterocycles. The lowest BCUT2D eigenvalue weighted by Gasteiger charge is -2.26. The molecule has 0 rings (SSSR count). The third-order valence-corrected chi connectivity index (χ3v) is 2.60. The van der Waals surface area contributed by atoms with Gasteiger partial charge in [0.1, 0.15) is 6.04 Å². The summed E-state index contributed by atoms with van der Waals surface area (Å²) >= 11 is 0. The van der Waals surface area contributed by atoms with E-state index < -0.39 is 18.0 Å². The summed E-state index contributed by atoms with van der Waals surface area (Å²) in [7, 11) is 4.61. The summed E-state index contributed by atoms with van der Waals surface area (Å²) in [5.41, 5.74) is 0. The maximum atomic E-state index is 11.8. The second kappa shape index (κ2) is 8.71. The van der Waals surface area contributed by atoms with Crippen LogP contribution in [0.5, 0.6) is 0 Å². The summed E-state index contributed by atoms with van der Waals surface area (Å²) < 4.78 is 9.74. The van der Waals surface area contributed by atoms with Gasteiger partial charge in [0.05, 0.1) is 12.6 Å². The van der Waals surface area contributed by atoms with E-state index in [0.29, 0.717) is 6.61 Å². The third-order valence-electron chi connectivity index (χ3n) is 2.60. The molecule has 0 spiro atoms. The van der Waals surface area contributed by atoms with E-state index in [2.05, 4.69) is 5.32 Å². The standard InChI is InChI=1S/C11H22N2O5/c1-8(7-18-4)13(2)11(16)12-9(10(14)15)5-6-17-3/h8-9H,5-7H2,1-4H3,(H,12,16)(H,14,15). The van der Waals surface area contributed by atoms with E-state index in [0.717, 1.165) is 0 Å². The van der Waals surface area contributed by atoms with Crippen molar-refractivity contribution in [3.63, 3.8) is 0 Å². The summed E-state index contributed by atoms with van der Waals surface area (Å²) in [5.74, 6) is -1.08. The zero-order valence-electron chi connectivity index (χ0n) is 11.3. The molecule has 0 heterocycles. The van der Waals surface area contributed by atoms with Crippen LogP contribution in [0.2, 0.25) is 0 Å². The molecule has 2 unspecified atom stereocenters. The molecule has 7 heteroatoms. The number of hydrogen-bond acceptors (Lipinski definition) is 4. The van der Waals surface area contributed by atoms with Gasteiger partial charge >= 0.3 is 12.0 Å². The van der Waals surface area contributed by atoms with Crippen LogP contribution in [0, 0.1) is 0 Å². The van der Waals surface area contributed by atoms with Crippen LogP contribution >= 0.6 is 0 Å². The van der Waals surface area contributed by atoms with Gasteiger partial charge in [-0.15, -0.1) is 0 Å². The average molecular weight is 262 g/mol. The second-order valence-electron chi connectivity index (χ2n) is 4.04. The minimum Gasteiger partial charge on any atom is -0.480 e. The topological polar surface area (TPSA) is 88.1 Å². The lowest BCUT2D eigenvalue weighted by atomic mass is 10.2. The zero-order chi connectivity index (χ0) is 14.1. The first-order chi connectivity index (χ1) is 8.43. The number of amides is 2. The van der Waals surface area contributed by atoms with Crippen LogP contribution in [-0.2, 0) is 14.3 Å². The molecular formula is C11H22N2O5. The highest BCUT2D eigenvalue weighted by atomic mass is 16.5. The Hall–Kier alpha value is -1.34. The van der Waals surface area contributed by atoms with Crippen molar-refractivity contribution in [3.05, 3.63) is 0 Å². The van der Waals surface area contributed by atoms with Crippen LogP contribution in [-0.4, -0.2) is 68.6 Å². The van der Waals surface area contributed by atoms with Gasteiger partial charge in [-0.05, 0) is 6.92 Å². The number of nitrogens with one attached hydrogen (secondary N) is 1. The lowest BCUT2D eigenvalue weighted by molar-refractivity contribution is -0.139. The molecule has 0 saturated carbocycles. The Morgan fingerprint density at radius 2 is 1.94 bits per heavy atom. The van der Waals surface area contributed by atoms with Gasteiger partial charge in [-0.3, -0.25) is 0 Å². The van der Waals surface area contributed by atoms with Crippen LogP contribution in [0.3, 0.4) is 0 Å². The van der Waals surface area contributed by atoms with Crippen molar-refractivity contribution >= 4 is 12.0 Å². The molecule has 18 heavy (non-hydrogen) atoms. The van der Waals surface area contributed by atoms with Crippen molar-refractivity contribution in [1.29, 1.82) is 0 Å². The Labute approximate surface area is 107 Å². The molecule has 0 aliphatic rings. The Morgan fingerprint density at radius 1 is 1.33 bits per heavy atom. The monoisotopic (exact) mass is 262 g/mol. The Kier molecular flexibility index (Phi) is 8.06. The number of aliphatic carboxylic acids is 1. The molecule has 0 aliphatic heterocycles. The molecule has 106 valence electrons. The van der Waals surface area contributed by atoms with Crippen molar-refractivity contribution in [2.24, 2.45) is 0 Å². The minimum absolute atomic E-state index is 0.133. The van der Waals surface area contributed by atoms with Crippen molar-refractivity contribution < 1.29 is 24.2 Å². The molecule has 0 fully saturated rings. The molecule has 0 aliphatic carbocycles. The van der Waals surface area contributed by atoms with Crippen molar-refractivity contribution in [2.75, 3.05) is 34.5 Å². The SMILES string of the molecule is COCCC(NC(=O)N(C)C(C)COC)C(=O)O. The number of urea groups is 1. The number of hydrogen-bond donors (Lipinski definition) is 2. The number of methoxy groups -OCH3 is 2. The van der Waals surface area contributed by atoms with Gasteiger partial charge in [0.25, 0.3) is 0 Å². The number of carboxylic acids is 1. The molecule has 7 nitrogen and oxygen atoms in total. The average Bonchev–Trinajstić information content (AvgIpc) is 2.33. The summed E-state index contributed by atoms with van der Waals surface area (Å²) in [6.45, 7) is 2.47. The fourth-order valence-corrected chi connectivity index (χ4v) is 1.30. The summed E-state index contributed by atoms with van der Waals surface area (Å²) in [5, 5.41) is 11.4. The Bertz CT molecular complexity index is 272. The summed E-state index contributed by atoms with van der Waals surface area (Å²) in [6, 6.07) is -1.52. The summed E-state index contributed by atoms with van der Waals surface area (Å²) in [4.78, 5) is 24.1. The van der Waals surface area contributed by atoms with E-state index in [9.17, 15) is 9.59 Å². The molecule has 2 amide bonds. The van der Waals surface area contributed by atoms with Gasteiger partial charge in [0, 0.05) is 34.3 Å². The maximum absolute atomic E-state index is 11.8. The maximum Gasteiger partial charge on any atom is 0.326 e. The van der Waals surface area contributed by atoms with Crippen LogP contribution in [0.15, 0.2) is 0 Å². The lowest BCUT2D eigenvalue weighted by Crippen LogP contribution is -2.50. The highest BCUT2D eigenvalue weighted by Crippen LogP contribution is 2.00. The third kappa shape index (κ3) is 5.83. The van der Waals surface area contributed by atoms with Crippen molar-refractivity contribution in [2.45, 2.75) is 25.4 Å². The molecule has 0 aromatic carbocycles. The predicted octanol–water partition coefficient (Wildman–Crippen LogP) is 0.152. The molecular weight excluding hydrogens is 240 g/mol. The Morgan fingerprint density at radius 3 is 2.39 bits per heavy atom. The fourth-order valence-electron chi connectivity index (χ4n) is 1.30. The molecule has 0 radical (unpaired) electrons. The number of carbonyl (C=O) groups excluding carboxylic acids is 1. The highest BCUT2D eigenvalue weighted by Gasteiger charge is 2.23. The minimum atomic E-state index is -1.08. The number of carbonyl (C=O) groups is 2. The van der Waals surface area contributed by atoms with E-state index >= 15 is 0 Å². The van der Waals surface area contributed by atoms with Crippen molar-refractivity contribution in [1.82, 2.24) is 10.2 Å². The number of rotatable bonds is 8. The second-order valence-corrected chi connectivity index (χ2v) is 4.04. The van der Waals surface area contributed by atoms with E-state index in [1.54, 1.807) is 14.2 Å². The first-order valence-electron chi connectivity index (χ1n) is 5.68. The van der Waals surface area contributed by atoms with E-state index in [4.69, 9.17) is 14.6 Å². The van der Waals surface area contributed by atoms with Crippen LogP contribution < -0.4 is 5.32 Å². The zero-order valence-corrected chi connectivity index (χ0v) is 11.3. The quantitative estimate of drug-likeness (QED) is 0.650. The van der Waals surface area contributed by atoms with E-state index in [-0.39, 0.29) is 19.1 Å². The van der Waals surface area contributed by atoms with Crippen LogP contribution in [0.1, 0.15) is 13.3 Å². The normalized spacial score (nSPS) is 13.8. The van der Waals surface area contributed by atoms with Gasteiger partial charge < -0.3 is 24.8 Å². The summed E-state index contributed by atoms with van der Waals surface area (Å²) in [6.07, 6.45) is 0.226. The first-order valence-corrected chi connectivity index (χ1v) is 5.68. The predicted molar refractivity (Wildman–Crippen MR) is 65.5 cm³/mol. The largest absolute Gasteiger partial charge is 0.480 e. The van der Waals surface area contributed by atoms with Crippen LogP contribution in [0.25, 0.3) is 0 Å². The molecule has 0 aromatic heterocycles. The van der Waals surface area contributed by atoms with E-state index in [1.165, 1.54) is 12.0 Å². The Balaban J connectivity index is 4.35. The van der Waals surface area contributed by atoms with Gasteiger partial charge in [-0.2, -0.15) is 0 Å². The molecule has 0 bridgehead atoms. The molecule has 0 aromatic rings. The molecule has 2 atom stereocenters. The van der Waals surface area contributed by atoms with Crippen LogP contribution in [0.4, 0.5) is 4.79 Å². The smallest absolute Gasteiger partial charge is 0.326 e. The highest BCUT2D eigenvalue weighted by molar-refractivity contribution is 5.82. The molecule has 2 N–H and O–H groups in total. The number of nitrogens with zero attached hydrogens (tertiary/aromatic N) is 1. The van der Waals surface area contributed by atoms with Gasteiger partial charge in [-0.25, -0.2) is 9.59 Å². The van der Waals surface area contributed by atoms with Gasteiger partial charge in [0.2, 0.25) is 0 Å². The van der Waals surface area contributed by atoms with Gasteiger partial charge in [-0.1, -0.05) is 0 Å². The first kappa shape index (κ1) is 16.7. The number of carboxylic acid groups (broad SMARTS) is 1. The van der Waals surface area contributed by atoms with Gasteiger partial charge in [0.15, 0.2) is 0 Å². The fraction of sp³-hybridized carbons (Fsp3) is 0.818. The van der Waals surface area contributed by atoms with Crippen molar-refractivity contribution in [3.8, 4) is 0 Å². The van der Waals surface area contributed by atoms with E-state index in [1.807, 2.05) is 6.92 Å². The number of likely N-dealkylation sites (N-methyl/N-ethyl adjacent to an activating group) is 1.